The van der Waals surface area contributed by atoms with Gasteiger partial charge in [0, 0.05) is 12.1 Å². The van der Waals surface area contributed by atoms with E-state index in [1.54, 1.807) is 6.07 Å². The lowest BCUT2D eigenvalue weighted by Crippen LogP contribution is -2.26. The lowest BCUT2D eigenvalue weighted by molar-refractivity contribution is -0.670. The number of nitrogens with zero attached hydrogens (tertiary/aromatic N) is 2. The fraction of sp³-hybridized carbons (Fsp3) is 0.125. The fourth-order valence-electron chi connectivity index (χ4n) is 2.07. The van der Waals surface area contributed by atoms with Crippen LogP contribution in [0.1, 0.15) is 5.56 Å². The first-order valence-corrected chi connectivity index (χ1v) is 6.72. The summed E-state index contributed by atoms with van der Waals surface area (Å²) in [5.74, 6) is 0.750. The summed E-state index contributed by atoms with van der Waals surface area (Å²) in [5.41, 5.74) is 1.95. The molecular formula is C16H14ClN2O+. The van der Waals surface area contributed by atoms with Crippen LogP contribution in [0.25, 0.3) is 10.9 Å². The maximum Gasteiger partial charge on any atom is 0.181 e. The molecule has 0 aliphatic carbocycles. The fourth-order valence-corrected chi connectivity index (χ4v) is 2.26. The van der Waals surface area contributed by atoms with Crippen LogP contribution >= 0.6 is 11.6 Å². The van der Waals surface area contributed by atoms with Crippen molar-refractivity contribution >= 4 is 22.5 Å². The molecule has 100 valence electrons. The molecule has 3 rings (SSSR count). The van der Waals surface area contributed by atoms with E-state index in [2.05, 4.69) is 4.98 Å². The molecule has 0 aliphatic rings. The molecule has 1 aromatic carbocycles. The number of halogens is 1. The van der Waals surface area contributed by atoms with E-state index < -0.39 is 0 Å². The smallest absolute Gasteiger partial charge is 0.181 e. The molecule has 0 saturated carbocycles. The number of rotatable bonds is 3. The Morgan fingerprint density at radius 3 is 2.80 bits per heavy atom. The Kier molecular flexibility index (Phi) is 3.52. The molecule has 0 unspecified atom stereocenters. The third kappa shape index (κ3) is 2.73. The van der Waals surface area contributed by atoms with Crippen molar-refractivity contribution in [2.24, 2.45) is 7.05 Å². The number of benzene rings is 1. The van der Waals surface area contributed by atoms with E-state index in [9.17, 15) is 0 Å². The van der Waals surface area contributed by atoms with Crippen molar-refractivity contribution in [2.45, 2.75) is 6.61 Å². The van der Waals surface area contributed by atoms with Gasteiger partial charge in [-0.1, -0.05) is 41.9 Å². The van der Waals surface area contributed by atoms with Crippen LogP contribution in [-0.4, -0.2) is 4.98 Å². The van der Waals surface area contributed by atoms with Gasteiger partial charge in [-0.25, -0.2) is 9.55 Å². The minimum atomic E-state index is 0.439. The number of ether oxygens (including phenoxy) is 1. The molecular weight excluding hydrogens is 272 g/mol. The molecule has 0 amide bonds. The Bertz CT molecular complexity index is 744. The summed E-state index contributed by atoms with van der Waals surface area (Å²) in [4.78, 5) is 4.30. The van der Waals surface area contributed by atoms with Crippen molar-refractivity contribution in [1.29, 1.82) is 0 Å². The zero-order valence-corrected chi connectivity index (χ0v) is 11.8. The molecule has 0 radical (unpaired) electrons. The van der Waals surface area contributed by atoms with Crippen molar-refractivity contribution in [2.75, 3.05) is 0 Å². The highest BCUT2D eigenvalue weighted by atomic mass is 35.5. The average molecular weight is 286 g/mol. The van der Waals surface area contributed by atoms with Gasteiger partial charge in [0.1, 0.15) is 29.9 Å². The normalized spacial score (nSPS) is 10.7. The van der Waals surface area contributed by atoms with Crippen LogP contribution in [0.5, 0.6) is 5.75 Å². The Hall–Kier alpha value is -2.13. The van der Waals surface area contributed by atoms with Crippen LogP contribution < -0.4 is 9.30 Å². The van der Waals surface area contributed by atoms with Gasteiger partial charge in [-0.3, -0.25) is 0 Å². The van der Waals surface area contributed by atoms with Gasteiger partial charge in [0.15, 0.2) is 12.4 Å². The molecule has 20 heavy (non-hydrogen) atoms. The summed E-state index contributed by atoms with van der Waals surface area (Å²) in [6, 6.07) is 13.7. The van der Waals surface area contributed by atoms with E-state index in [1.165, 1.54) is 0 Å². The minimum absolute atomic E-state index is 0.439. The zero-order valence-electron chi connectivity index (χ0n) is 11.1. The van der Waals surface area contributed by atoms with Crippen LogP contribution in [0.3, 0.4) is 0 Å². The molecule has 3 nitrogen and oxygen atoms in total. The first kappa shape index (κ1) is 12.9. The number of aryl methyl sites for hydroxylation is 1. The molecule has 2 heterocycles. The Morgan fingerprint density at radius 2 is 2.00 bits per heavy atom. The maximum absolute atomic E-state index is 6.05. The second kappa shape index (κ2) is 5.47. The molecule has 2 aromatic heterocycles. The lowest BCUT2D eigenvalue weighted by Gasteiger charge is -2.08. The summed E-state index contributed by atoms with van der Waals surface area (Å²) in [6.45, 7) is 0.509. The molecule has 0 saturated heterocycles. The number of hydrogen-bond acceptors (Lipinski definition) is 2. The van der Waals surface area contributed by atoms with Crippen molar-refractivity contribution in [3.8, 4) is 5.75 Å². The molecule has 0 aliphatic heterocycles. The third-order valence-corrected chi connectivity index (χ3v) is 3.25. The van der Waals surface area contributed by atoms with Gasteiger partial charge in [0.05, 0.1) is 5.52 Å². The number of fused-ring (bicyclic) bond motifs is 1. The standard InChI is InChI=1S/C16H14ClN2O/c1-19-8-7-14-13(10-19)15(9-16(17)18-14)20-11-12-5-3-2-4-6-12/h2-10H,11H2,1H3/q+1. The molecule has 0 atom stereocenters. The van der Waals surface area contributed by atoms with Gasteiger partial charge in [0.2, 0.25) is 0 Å². The average Bonchev–Trinajstić information content (AvgIpc) is 2.46. The summed E-state index contributed by atoms with van der Waals surface area (Å²) < 4.78 is 7.87. The summed E-state index contributed by atoms with van der Waals surface area (Å²) >= 11 is 6.05. The summed E-state index contributed by atoms with van der Waals surface area (Å²) in [7, 11) is 1.97. The highest BCUT2D eigenvalue weighted by Crippen LogP contribution is 2.26. The topological polar surface area (TPSA) is 26.0 Å². The van der Waals surface area contributed by atoms with E-state index in [0.717, 1.165) is 22.2 Å². The van der Waals surface area contributed by atoms with Gasteiger partial charge in [-0.15, -0.1) is 0 Å². The van der Waals surface area contributed by atoms with Crippen LogP contribution in [0.2, 0.25) is 5.15 Å². The largest absolute Gasteiger partial charge is 0.488 e. The lowest BCUT2D eigenvalue weighted by atomic mass is 10.2. The van der Waals surface area contributed by atoms with E-state index in [-0.39, 0.29) is 0 Å². The van der Waals surface area contributed by atoms with Gasteiger partial charge in [-0.2, -0.15) is 0 Å². The minimum Gasteiger partial charge on any atom is -0.488 e. The summed E-state index contributed by atoms with van der Waals surface area (Å²) in [5, 5.41) is 1.39. The molecule has 0 N–H and O–H groups in total. The Balaban J connectivity index is 1.96. The molecule has 4 heteroatoms. The first-order valence-electron chi connectivity index (χ1n) is 6.34. The van der Waals surface area contributed by atoms with Crippen LogP contribution in [0.4, 0.5) is 0 Å². The van der Waals surface area contributed by atoms with Crippen LogP contribution in [0, 0.1) is 0 Å². The highest BCUT2D eigenvalue weighted by molar-refractivity contribution is 6.30. The Labute approximate surface area is 122 Å². The van der Waals surface area contributed by atoms with Gasteiger partial charge < -0.3 is 4.74 Å². The van der Waals surface area contributed by atoms with Crippen molar-refractivity contribution in [1.82, 2.24) is 4.98 Å². The zero-order chi connectivity index (χ0) is 13.9. The molecule has 0 spiro atoms. The second-order valence-electron chi connectivity index (χ2n) is 4.63. The van der Waals surface area contributed by atoms with Crippen molar-refractivity contribution < 1.29 is 9.30 Å². The predicted molar refractivity (Wildman–Crippen MR) is 78.7 cm³/mol. The van der Waals surface area contributed by atoms with Crippen molar-refractivity contribution in [3.63, 3.8) is 0 Å². The van der Waals surface area contributed by atoms with E-state index in [0.29, 0.717) is 11.8 Å². The quantitative estimate of drug-likeness (QED) is 0.545. The molecule has 3 aromatic rings. The molecule has 0 bridgehead atoms. The maximum atomic E-state index is 6.05. The molecule has 0 fully saturated rings. The SMILES string of the molecule is C[n+]1ccc2nc(Cl)cc(OCc3ccccc3)c2c1. The second-order valence-corrected chi connectivity index (χ2v) is 5.01. The monoisotopic (exact) mass is 285 g/mol. The van der Waals surface area contributed by atoms with Gasteiger partial charge >= 0.3 is 0 Å². The number of pyridine rings is 2. The Morgan fingerprint density at radius 1 is 1.20 bits per heavy atom. The van der Waals surface area contributed by atoms with Gasteiger partial charge in [-0.05, 0) is 5.56 Å². The van der Waals surface area contributed by atoms with Gasteiger partial charge in [0.25, 0.3) is 0 Å². The van der Waals surface area contributed by atoms with E-state index in [4.69, 9.17) is 16.3 Å². The number of aromatic nitrogens is 2. The van der Waals surface area contributed by atoms with E-state index in [1.807, 2.05) is 60.4 Å². The predicted octanol–water partition coefficient (Wildman–Crippen LogP) is 3.29. The van der Waals surface area contributed by atoms with E-state index >= 15 is 0 Å². The summed E-state index contributed by atoms with van der Waals surface area (Å²) in [6.07, 6.45) is 3.92. The van der Waals surface area contributed by atoms with Crippen LogP contribution in [-0.2, 0) is 13.7 Å². The van der Waals surface area contributed by atoms with Crippen LogP contribution in [0.15, 0.2) is 54.9 Å². The third-order valence-electron chi connectivity index (χ3n) is 3.06. The number of hydrogen-bond donors (Lipinski definition) is 0. The van der Waals surface area contributed by atoms with Crippen molar-refractivity contribution in [3.05, 3.63) is 65.6 Å². The first-order chi connectivity index (χ1) is 9.72. The highest BCUT2D eigenvalue weighted by Gasteiger charge is 2.10.